The van der Waals surface area contributed by atoms with Crippen molar-refractivity contribution in [2.45, 2.75) is 13.3 Å². The van der Waals surface area contributed by atoms with Crippen LogP contribution in [0.4, 0.5) is 5.69 Å². The predicted octanol–water partition coefficient (Wildman–Crippen LogP) is 2.41. The first-order valence-electron chi connectivity index (χ1n) is 3.56. The summed E-state index contributed by atoms with van der Waals surface area (Å²) in [5.74, 6) is 0. The van der Waals surface area contributed by atoms with E-state index in [0.29, 0.717) is 12.1 Å². The Morgan fingerprint density at radius 3 is 2.83 bits per heavy atom. The molecule has 12 heavy (non-hydrogen) atoms. The normalized spacial score (nSPS) is 9.42. The first-order valence-corrected chi connectivity index (χ1v) is 4.36. The van der Waals surface area contributed by atoms with Gasteiger partial charge in [-0.1, -0.05) is 0 Å². The maximum atomic E-state index is 8.51. The Morgan fingerprint density at radius 2 is 2.25 bits per heavy atom. The minimum Gasteiger partial charge on any atom is -0.398 e. The third kappa shape index (κ3) is 1.77. The van der Waals surface area contributed by atoms with E-state index >= 15 is 0 Å². The molecule has 0 spiro atoms. The molecule has 0 heterocycles. The van der Waals surface area contributed by atoms with Crippen molar-refractivity contribution >= 4 is 21.6 Å². The van der Waals surface area contributed by atoms with E-state index in [4.69, 9.17) is 11.0 Å². The van der Waals surface area contributed by atoms with Crippen molar-refractivity contribution in [2.24, 2.45) is 0 Å². The van der Waals surface area contributed by atoms with Gasteiger partial charge in [0.2, 0.25) is 0 Å². The fourth-order valence-corrected chi connectivity index (χ4v) is 1.41. The number of hydrogen-bond donors (Lipinski definition) is 1. The number of nitrogen functional groups attached to an aromatic ring is 1. The maximum Gasteiger partial charge on any atom is 0.0669 e. The second-order valence-electron chi connectivity index (χ2n) is 2.64. The first kappa shape index (κ1) is 9.08. The summed E-state index contributed by atoms with van der Waals surface area (Å²) >= 11 is 3.32. The fourth-order valence-electron chi connectivity index (χ4n) is 1.02. The molecule has 1 aromatic carbocycles. The molecule has 3 heteroatoms. The van der Waals surface area contributed by atoms with Crippen LogP contribution in [0.3, 0.4) is 0 Å². The van der Waals surface area contributed by atoms with Crippen molar-refractivity contribution in [3.63, 3.8) is 0 Å². The molecular weight excluding hydrogens is 216 g/mol. The van der Waals surface area contributed by atoms with Crippen molar-refractivity contribution in [1.82, 2.24) is 0 Å². The molecule has 0 radical (unpaired) electrons. The standard InChI is InChI=1S/C9H9BrN2/c1-6-4-9(12)8(10)5-7(6)2-3-11/h4-5H,2,12H2,1H3. The zero-order chi connectivity index (χ0) is 9.14. The number of hydrogen-bond acceptors (Lipinski definition) is 2. The Balaban J connectivity index is 3.16. The molecule has 0 aliphatic rings. The van der Waals surface area contributed by atoms with Crippen LogP contribution >= 0.6 is 15.9 Å². The molecule has 1 rings (SSSR count). The van der Waals surface area contributed by atoms with Gasteiger partial charge in [-0.15, -0.1) is 0 Å². The van der Waals surface area contributed by atoms with Crippen LogP contribution in [0.15, 0.2) is 16.6 Å². The van der Waals surface area contributed by atoms with Gasteiger partial charge >= 0.3 is 0 Å². The van der Waals surface area contributed by atoms with E-state index in [2.05, 4.69) is 22.0 Å². The number of aryl methyl sites for hydroxylation is 1. The molecule has 2 nitrogen and oxygen atoms in total. The minimum absolute atomic E-state index is 0.435. The summed E-state index contributed by atoms with van der Waals surface area (Å²) in [5, 5.41) is 8.51. The third-order valence-electron chi connectivity index (χ3n) is 1.72. The van der Waals surface area contributed by atoms with Gasteiger partial charge in [0.15, 0.2) is 0 Å². The van der Waals surface area contributed by atoms with Crippen LogP contribution in [0.2, 0.25) is 0 Å². The second-order valence-corrected chi connectivity index (χ2v) is 3.49. The van der Waals surface area contributed by atoms with E-state index in [1.807, 2.05) is 19.1 Å². The lowest BCUT2D eigenvalue weighted by Gasteiger charge is -2.04. The van der Waals surface area contributed by atoms with Gasteiger partial charge in [0.1, 0.15) is 0 Å². The Hall–Kier alpha value is -1.01. The summed E-state index contributed by atoms with van der Waals surface area (Å²) in [6, 6.07) is 5.88. The highest BCUT2D eigenvalue weighted by molar-refractivity contribution is 9.10. The first-order chi connectivity index (χ1) is 5.65. The minimum atomic E-state index is 0.435. The third-order valence-corrected chi connectivity index (χ3v) is 2.41. The van der Waals surface area contributed by atoms with Crippen LogP contribution in [0.1, 0.15) is 11.1 Å². The molecule has 0 saturated heterocycles. The van der Waals surface area contributed by atoms with E-state index < -0.39 is 0 Å². The zero-order valence-electron chi connectivity index (χ0n) is 6.76. The van der Waals surface area contributed by atoms with Crippen molar-refractivity contribution in [3.8, 4) is 6.07 Å². The molecule has 0 aliphatic heterocycles. The molecule has 0 saturated carbocycles. The smallest absolute Gasteiger partial charge is 0.0669 e. The summed E-state index contributed by atoms with van der Waals surface area (Å²) in [6.45, 7) is 1.95. The molecule has 0 aliphatic carbocycles. The predicted molar refractivity (Wildman–Crippen MR) is 52.6 cm³/mol. The summed E-state index contributed by atoms with van der Waals surface area (Å²) < 4.78 is 0.860. The number of anilines is 1. The van der Waals surface area contributed by atoms with Crippen LogP contribution in [0.25, 0.3) is 0 Å². The van der Waals surface area contributed by atoms with Crippen molar-refractivity contribution in [2.75, 3.05) is 5.73 Å². The second kappa shape index (κ2) is 3.59. The Bertz CT molecular complexity index is 339. The Morgan fingerprint density at radius 1 is 1.58 bits per heavy atom. The molecule has 0 aromatic heterocycles. The highest BCUT2D eigenvalue weighted by Gasteiger charge is 2.01. The SMILES string of the molecule is Cc1cc(N)c(Br)cc1CC#N. The van der Waals surface area contributed by atoms with Gasteiger partial charge in [-0.25, -0.2) is 0 Å². The lowest BCUT2D eigenvalue weighted by molar-refractivity contribution is 1.21. The molecular formula is C9H9BrN2. The number of nitrogens with two attached hydrogens (primary N) is 1. The maximum absolute atomic E-state index is 8.51. The average Bonchev–Trinajstić information content (AvgIpc) is 2.01. The topological polar surface area (TPSA) is 49.8 Å². The van der Waals surface area contributed by atoms with Crippen LogP contribution in [0.5, 0.6) is 0 Å². The quantitative estimate of drug-likeness (QED) is 0.746. The molecule has 0 fully saturated rings. The van der Waals surface area contributed by atoms with Crippen LogP contribution < -0.4 is 5.73 Å². The molecule has 0 amide bonds. The summed E-state index contributed by atoms with van der Waals surface area (Å²) in [5.41, 5.74) is 8.47. The van der Waals surface area contributed by atoms with Gasteiger partial charge in [0.05, 0.1) is 12.5 Å². The number of benzene rings is 1. The van der Waals surface area contributed by atoms with Gasteiger partial charge in [-0.3, -0.25) is 0 Å². The van der Waals surface area contributed by atoms with Gasteiger partial charge in [-0.2, -0.15) is 5.26 Å². The zero-order valence-corrected chi connectivity index (χ0v) is 8.35. The lowest BCUT2D eigenvalue weighted by atomic mass is 10.1. The van der Waals surface area contributed by atoms with Gasteiger partial charge in [0.25, 0.3) is 0 Å². The molecule has 2 N–H and O–H groups in total. The monoisotopic (exact) mass is 224 g/mol. The van der Waals surface area contributed by atoms with E-state index in [1.165, 1.54) is 0 Å². The largest absolute Gasteiger partial charge is 0.398 e. The molecule has 62 valence electrons. The van der Waals surface area contributed by atoms with E-state index in [0.717, 1.165) is 15.6 Å². The van der Waals surface area contributed by atoms with E-state index in [9.17, 15) is 0 Å². The van der Waals surface area contributed by atoms with Crippen molar-refractivity contribution in [1.29, 1.82) is 5.26 Å². The number of rotatable bonds is 1. The van der Waals surface area contributed by atoms with Crippen LogP contribution in [0, 0.1) is 18.3 Å². The van der Waals surface area contributed by atoms with Gasteiger partial charge in [0, 0.05) is 10.2 Å². The van der Waals surface area contributed by atoms with E-state index in [1.54, 1.807) is 0 Å². The Kier molecular flexibility index (Phi) is 2.72. The highest BCUT2D eigenvalue weighted by Crippen LogP contribution is 2.23. The van der Waals surface area contributed by atoms with E-state index in [-0.39, 0.29) is 0 Å². The number of halogens is 1. The molecule has 0 bridgehead atoms. The summed E-state index contributed by atoms with van der Waals surface area (Å²) in [6.07, 6.45) is 0.435. The van der Waals surface area contributed by atoms with Gasteiger partial charge < -0.3 is 5.73 Å². The molecule has 0 atom stereocenters. The van der Waals surface area contributed by atoms with Crippen LogP contribution in [-0.4, -0.2) is 0 Å². The Labute approximate surface area is 80.1 Å². The lowest BCUT2D eigenvalue weighted by Crippen LogP contribution is -1.93. The summed E-state index contributed by atoms with van der Waals surface area (Å²) in [7, 11) is 0. The highest BCUT2D eigenvalue weighted by atomic mass is 79.9. The fraction of sp³-hybridized carbons (Fsp3) is 0.222. The van der Waals surface area contributed by atoms with Crippen LogP contribution in [-0.2, 0) is 6.42 Å². The van der Waals surface area contributed by atoms with Crippen molar-refractivity contribution in [3.05, 3.63) is 27.7 Å². The average molecular weight is 225 g/mol. The summed E-state index contributed by atoms with van der Waals surface area (Å²) in [4.78, 5) is 0. The number of nitriles is 1. The van der Waals surface area contributed by atoms with Crippen molar-refractivity contribution < 1.29 is 0 Å². The number of nitrogens with zero attached hydrogens (tertiary/aromatic N) is 1. The molecule has 1 aromatic rings. The van der Waals surface area contributed by atoms with Gasteiger partial charge in [-0.05, 0) is 46.1 Å². The molecule has 0 unspecified atom stereocenters.